The van der Waals surface area contributed by atoms with E-state index in [1.165, 1.54) is 12.8 Å². The molecule has 0 spiro atoms. The predicted molar refractivity (Wildman–Crippen MR) is 113 cm³/mol. The molecule has 0 N–H and O–H groups in total. The highest BCUT2D eigenvalue weighted by atomic mass is 16.6. The van der Waals surface area contributed by atoms with Gasteiger partial charge in [-0.15, -0.1) is 0 Å². The molecule has 1 fully saturated rings. The maximum absolute atomic E-state index is 5.47. The SMILES string of the molecule is CC(=NOCCCc1cccc(-c2ccnc(C3CC3)n2)n1)c1cccc(C)n1. The Kier molecular flexibility index (Phi) is 5.89. The molecule has 3 aromatic rings. The summed E-state index contributed by atoms with van der Waals surface area (Å²) < 4.78 is 0. The molecule has 0 bridgehead atoms. The van der Waals surface area contributed by atoms with Crippen molar-refractivity contribution in [2.45, 2.75) is 45.4 Å². The van der Waals surface area contributed by atoms with Crippen LogP contribution in [0.15, 0.2) is 53.8 Å². The van der Waals surface area contributed by atoms with Crippen LogP contribution in [-0.4, -0.2) is 32.3 Å². The average molecular weight is 387 g/mol. The van der Waals surface area contributed by atoms with Crippen molar-refractivity contribution in [2.75, 3.05) is 6.61 Å². The number of rotatable bonds is 8. The first-order valence-corrected chi connectivity index (χ1v) is 10.1. The fourth-order valence-electron chi connectivity index (χ4n) is 3.07. The average Bonchev–Trinajstić information content (AvgIpc) is 3.59. The first-order chi connectivity index (χ1) is 14.2. The van der Waals surface area contributed by atoms with Gasteiger partial charge < -0.3 is 4.84 Å². The fraction of sp³-hybridized carbons (Fsp3) is 0.348. The second-order valence-corrected chi connectivity index (χ2v) is 7.37. The quantitative estimate of drug-likeness (QED) is 0.323. The van der Waals surface area contributed by atoms with Crippen molar-refractivity contribution in [3.63, 3.8) is 0 Å². The van der Waals surface area contributed by atoms with Crippen molar-refractivity contribution in [3.8, 4) is 11.4 Å². The molecule has 4 rings (SSSR count). The zero-order valence-electron chi connectivity index (χ0n) is 16.9. The summed E-state index contributed by atoms with van der Waals surface area (Å²) in [5.74, 6) is 1.48. The molecule has 6 nitrogen and oxygen atoms in total. The van der Waals surface area contributed by atoms with Crippen LogP contribution in [0.1, 0.15) is 55.0 Å². The summed E-state index contributed by atoms with van der Waals surface area (Å²) in [7, 11) is 0. The lowest BCUT2D eigenvalue weighted by Gasteiger charge is -2.06. The monoisotopic (exact) mass is 387 g/mol. The number of pyridine rings is 2. The van der Waals surface area contributed by atoms with Gasteiger partial charge in [0, 0.05) is 23.5 Å². The maximum atomic E-state index is 5.47. The van der Waals surface area contributed by atoms with Gasteiger partial charge in [0.1, 0.15) is 18.1 Å². The number of nitrogens with zero attached hydrogens (tertiary/aromatic N) is 5. The van der Waals surface area contributed by atoms with Crippen LogP contribution in [0.25, 0.3) is 11.4 Å². The van der Waals surface area contributed by atoms with Crippen LogP contribution in [0.5, 0.6) is 0 Å². The van der Waals surface area contributed by atoms with Gasteiger partial charge in [0.25, 0.3) is 0 Å². The lowest BCUT2D eigenvalue weighted by molar-refractivity contribution is 0.141. The van der Waals surface area contributed by atoms with Crippen LogP contribution in [0.3, 0.4) is 0 Å². The number of aryl methyl sites for hydroxylation is 2. The Hall–Kier alpha value is -3.15. The summed E-state index contributed by atoms with van der Waals surface area (Å²) in [6.45, 7) is 4.41. The summed E-state index contributed by atoms with van der Waals surface area (Å²) in [5, 5.41) is 4.18. The minimum atomic E-state index is 0.536. The molecule has 0 aromatic carbocycles. The number of hydrogen-bond acceptors (Lipinski definition) is 6. The first-order valence-electron chi connectivity index (χ1n) is 10.1. The molecule has 0 saturated heterocycles. The number of hydrogen-bond donors (Lipinski definition) is 0. The summed E-state index contributed by atoms with van der Waals surface area (Å²) in [4.78, 5) is 23.8. The molecule has 3 aromatic heterocycles. The van der Waals surface area contributed by atoms with E-state index in [0.717, 1.165) is 52.8 Å². The molecule has 0 radical (unpaired) electrons. The van der Waals surface area contributed by atoms with Gasteiger partial charge >= 0.3 is 0 Å². The summed E-state index contributed by atoms with van der Waals surface area (Å²) in [5.41, 5.74) is 5.41. The highest BCUT2D eigenvalue weighted by molar-refractivity contribution is 5.96. The largest absolute Gasteiger partial charge is 0.396 e. The van der Waals surface area contributed by atoms with Crippen molar-refractivity contribution < 1.29 is 4.84 Å². The van der Waals surface area contributed by atoms with Crippen LogP contribution in [0, 0.1) is 6.92 Å². The molecule has 1 aliphatic carbocycles. The van der Waals surface area contributed by atoms with E-state index in [9.17, 15) is 0 Å². The molecule has 6 heteroatoms. The zero-order valence-corrected chi connectivity index (χ0v) is 16.9. The predicted octanol–water partition coefficient (Wildman–Crippen LogP) is 4.49. The summed E-state index contributed by atoms with van der Waals surface area (Å²) in [6.07, 6.45) is 5.89. The topological polar surface area (TPSA) is 73.2 Å². The summed E-state index contributed by atoms with van der Waals surface area (Å²) >= 11 is 0. The Morgan fingerprint density at radius 2 is 1.86 bits per heavy atom. The van der Waals surface area contributed by atoms with Crippen LogP contribution in [-0.2, 0) is 11.3 Å². The smallest absolute Gasteiger partial charge is 0.132 e. The van der Waals surface area contributed by atoms with Gasteiger partial charge in [-0.2, -0.15) is 0 Å². The maximum Gasteiger partial charge on any atom is 0.132 e. The van der Waals surface area contributed by atoms with E-state index in [2.05, 4.69) is 20.1 Å². The fourth-order valence-corrected chi connectivity index (χ4v) is 3.07. The molecule has 0 amide bonds. The van der Waals surface area contributed by atoms with Crippen molar-refractivity contribution in [3.05, 3.63) is 71.6 Å². The van der Waals surface area contributed by atoms with E-state index < -0.39 is 0 Å². The van der Waals surface area contributed by atoms with E-state index in [1.807, 2.05) is 62.5 Å². The Morgan fingerprint density at radius 1 is 1.03 bits per heavy atom. The van der Waals surface area contributed by atoms with Gasteiger partial charge in [0.05, 0.1) is 17.1 Å². The van der Waals surface area contributed by atoms with E-state index in [-0.39, 0.29) is 0 Å². The van der Waals surface area contributed by atoms with Gasteiger partial charge in [-0.25, -0.2) is 9.97 Å². The highest BCUT2D eigenvalue weighted by Gasteiger charge is 2.26. The minimum absolute atomic E-state index is 0.536. The molecular formula is C23H25N5O. The van der Waals surface area contributed by atoms with Crippen LogP contribution >= 0.6 is 0 Å². The first kappa shape index (κ1) is 19.2. The molecule has 3 heterocycles. The number of aromatic nitrogens is 4. The molecule has 148 valence electrons. The van der Waals surface area contributed by atoms with Crippen molar-refractivity contribution in [1.29, 1.82) is 0 Å². The van der Waals surface area contributed by atoms with Gasteiger partial charge in [-0.3, -0.25) is 9.97 Å². The third-order valence-corrected chi connectivity index (χ3v) is 4.81. The van der Waals surface area contributed by atoms with E-state index in [4.69, 9.17) is 9.82 Å². The standard InChI is InChI=1S/C23H25N5O/c1-16-6-3-9-20(25-16)17(2)28-29-15-5-8-19-7-4-10-21(26-19)22-13-14-24-23(27-22)18-11-12-18/h3-4,6-7,9-10,13-14,18H,5,8,11-12,15H2,1-2H3. The normalized spacial score (nSPS) is 14.1. The Bertz CT molecular complexity index is 1010. The van der Waals surface area contributed by atoms with Crippen LogP contribution < -0.4 is 0 Å². The van der Waals surface area contributed by atoms with E-state index >= 15 is 0 Å². The van der Waals surface area contributed by atoms with E-state index in [1.54, 1.807) is 0 Å². The van der Waals surface area contributed by atoms with Crippen LogP contribution in [0.4, 0.5) is 0 Å². The van der Waals surface area contributed by atoms with Crippen molar-refractivity contribution in [1.82, 2.24) is 19.9 Å². The zero-order chi connectivity index (χ0) is 20.1. The Balaban J connectivity index is 1.31. The van der Waals surface area contributed by atoms with Gasteiger partial charge in [0.2, 0.25) is 0 Å². The molecule has 0 atom stereocenters. The van der Waals surface area contributed by atoms with Gasteiger partial charge in [-0.05, 0) is 69.9 Å². The second-order valence-electron chi connectivity index (χ2n) is 7.37. The molecular weight excluding hydrogens is 362 g/mol. The highest BCUT2D eigenvalue weighted by Crippen LogP contribution is 2.38. The lowest BCUT2D eigenvalue weighted by atomic mass is 10.2. The Labute approximate surface area is 171 Å². The molecule has 29 heavy (non-hydrogen) atoms. The van der Waals surface area contributed by atoms with Crippen molar-refractivity contribution >= 4 is 5.71 Å². The third-order valence-electron chi connectivity index (χ3n) is 4.81. The van der Waals surface area contributed by atoms with Gasteiger partial charge in [0.15, 0.2) is 0 Å². The molecule has 1 aliphatic rings. The van der Waals surface area contributed by atoms with E-state index in [0.29, 0.717) is 12.5 Å². The molecule has 0 aliphatic heterocycles. The molecule has 1 saturated carbocycles. The van der Waals surface area contributed by atoms with Crippen molar-refractivity contribution in [2.24, 2.45) is 5.16 Å². The van der Waals surface area contributed by atoms with Gasteiger partial charge in [-0.1, -0.05) is 17.3 Å². The lowest BCUT2D eigenvalue weighted by Crippen LogP contribution is -2.02. The second kappa shape index (κ2) is 8.90. The Morgan fingerprint density at radius 3 is 2.69 bits per heavy atom. The van der Waals surface area contributed by atoms with Crippen LogP contribution in [0.2, 0.25) is 0 Å². The third kappa shape index (κ3) is 5.22. The summed E-state index contributed by atoms with van der Waals surface area (Å²) in [6, 6.07) is 13.9. The minimum Gasteiger partial charge on any atom is -0.396 e. The number of oxime groups is 1. The molecule has 0 unspecified atom stereocenters.